The summed E-state index contributed by atoms with van der Waals surface area (Å²) in [5.74, 6) is 2.93. The third-order valence-corrected chi connectivity index (χ3v) is 3.27. The van der Waals surface area contributed by atoms with E-state index in [9.17, 15) is 0 Å². The second-order valence-electron chi connectivity index (χ2n) is 3.84. The highest BCUT2D eigenvalue weighted by Gasteiger charge is 2.06. The Balaban J connectivity index is 2.46. The molecule has 0 atom stereocenters. The highest BCUT2D eigenvalue weighted by atomic mass is 32.2. The zero-order valence-corrected chi connectivity index (χ0v) is 12.9. The van der Waals surface area contributed by atoms with Crippen LogP contribution in [0.5, 0.6) is 6.01 Å². The van der Waals surface area contributed by atoms with Gasteiger partial charge in [-0.1, -0.05) is 0 Å². The molecule has 3 N–H and O–H groups in total. The third-order valence-electron chi connectivity index (χ3n) is 2.20. The molecule has 0 bridgehead atoms. The van der Waals surface area contributed by atoms with Crippen molar-refractivity contribution in [2.24, 2.45) is 0 Å². The first-order chi connectivity index (χ1) is 9.80. The fraction of sp³-hybridized carbons (Fsp3) is 0.750. The number of thioether (sulfide) groups is 1. The molecule has 0 aliphatic heterocycles. The number of rotatable bonds is 11. The van der Waals surface area contributed by atoms with Gasteiger partial charge in [-0.25, -0.2) is 0 Å². The van der Waals surface area contributed by atoms with E-state index in [1.807, 2.05) is 13.8 Å². The summed E-state index contributed by atoms with van der Waals surface area (Å²) in [4.78, 5) is 12.6. The largest absolute Gasteiger partial charge is 0.464 e. The van der Waals surface area contributed by atoms with Crippen molar-refractivity contribution in [1.29, 1.82) is 0 Å². The number of hydrogen-bond acceptors (Lipinski definition) is 8. The molecule has 114 valence electrons. The number of nitrogens with zero attached hydrogens (tertiary/aromatic N) is 3. The Labute approximate surface area is 124 Å². The molecule has 0 saturated carbocycles. The number of nitrogens with one attached hydrogen (secondary N) is 2. The van der Waals surface area contributed by atoms with Crippen molar-refractivity contribution in [2.45, 2.75) is 20.3 Å². The van der Waals surface area contributed by atoms with E-state index >= 15 is 0 Å². The molecule has 0 fully saturated rings. The summed E-state index contributed by atoms with van der Waals surface area (Å²) in [6, 6.07) is 0.328. The van der Waals surface area contributed by atoms with Crippen molar-refractivity contribution in [3.8, 4) is 6.01 Å². The van der Waals surface area contributed by atoms with Gasteiger partial charge >= 0.3 is 6.01 Å². The van der Waals surface area contributed by atoms with Gasteiger partial charge < -0.3 is 20.5 Å². The summed E-state index contributed by atoms with van der Waals surface area (Å²) < 4.78 is 5.32. The molecule has 1 rings (SSSR count). The molecular weight excluding hydrogens is 278 g/mol. The first-order valence-corrected chi connectivity index (χ1v) is 8.00. The second kappa shape index (κ2) is 10.5. The van der Waals surface area contributed by atoms with Crippen molar-refractivity contribution in [2.75, 3.05) is 48.4 Å². The van der Waals surface area contributed by atoms with E-state index in [0.29, 0.717) is 24.5 Å². The average Bonchev–Trinajstić information content (AvgIpc) is 2.43. The second-order valence-corrected chi connectivity index (χ2v) is 5.07. The van der Waals surface area contributed by atoms with Crippen LogP contribution >= 0.6 is 11.8 Å². The van der Waals surface area contributed by atoms with E-state index in [4.69, 9.17) is 9.84 Å². The van der Waals surface area contributed by atoms with Gasteiger partial charge in [-0.2, -0.15) is 26.7 Å². The lowest BCUT2D eigenvalue weighted by molar-refractivity contribution is 0.296. The smallest absolute Gasteiger partial charge is 0.323 e. The highest BCUT2D eigenvalue weighted by Crippen LogP contribution is 2.11. The van der Waals surface area contributed by atoms with Crippen LogP contribution in [0, 0.1) is 0 Å². The fourth-order valence-corrected chi connectivity index (χ4v) is 2.15. The number of anilines is 2. The number of aliphatic hydroxyl groups is 1. The molecule has 0 aromatic carbocycles. The summed E-state index contributed by atoms with van der Waals surface area (Å²) in [7, 11) is 0. The summed E-state index contributed by atoms with van der Waals surface area (Å²) in [5.41, 5.74) is 0. The molecule has 0 saturated heterocycles. The van der Waals surface area contributed by atoms with Crippen molar-refractivity contribution in [3.63, 3.8) is 0 Å². The number of ether oxygens (including phenoxy) is 1. The van der Waals surface area contributed by atoms with E-state index in [2.05, 4.69) is 25.6 Å². The molecule has 0 radical (unpaired) electrons. The standard InChI is InChI=1S/C12H23N5O2S/c1-3-13-10-15-11(17-12(16-10)19-4-2)14-6-9-20-8-5-7-18/h18H,3-9H2,1-2H3,(H2,13,14,15,16,17). The van der Waals surface area contributed by atoms with Gasteiger partial charge in [-0.05, 0) is 26.0 Å². The van der Waals surface area contributed by atoms with E-state index in [-0.39, 0.29) is 6.61 Å². The van der Waals surface area contributed by atoms with E-state index in [0.717, 1.165) is 31.0 Å². The Bertz CT molecular complexity index is 357. The maximum atomic E-state index is 8.69. The SMILES string of the molecule is CCNc1nc(NCCSCCCO)nc(OCC)n1. The summed E-state index contributed by atoms with van der Waals surface area (Å²) in [6.45, 7) is 6.14. The summed E-state index contributed by atoms with van der Waals surface area (Å²) in [6.07, 6.45) is 0.829. The van der Waals surface area contributed by atoms with Crippen molar-refractivity contribution in [3.05, 3.63) is 0 Å². The molecule has 0 aliphatic rings. The quantitative estimate of drug-likeness (QED) is 0.526. The lowest BCUT2D eigenvalue weighted by Crippen LogP contribution is -2.12. The molecule has 20 heavy (non-hydrogen) atoms. The molecule has 1 aromatic heterocycles. The topological polar surface area (TPSA) is 92.2 Å². The first-order valence-electron chi connectivity index (χ1n) is 6.85. The molecule has 0 unspecified atom stereocenters. The van der Waals surface area contributed by atoms with E-state index < -0.39 is 0 Å². The van der Waals surface area contributed by atoms with Crippen LogP contribution in [0.3, 0.4) is 0 Å². The van der Waals surface area contributed by atoms with Gasteiger partial charge in [0.1, 0.15) is 0 Å². The predicted octanol–water partition coefficient (Wildman–Crippen LogP) is 1.23. The maximum Gasteiger partial charge on any atom is 0.323 e. The van der Waals surface area contributed by atoms with Crippen LogP contribution in [0.4, 0.5) is 11.9 Å². The highest BCUT2D eigenvalue weighted by molar-refractivity contribution is 7.99. The van der Waals surface area contributed by atoms with Gasteiger partial charge in [-0.3, -0.25) is 0 Å². The molecule has 8 heteroatoms. The van der Waals surface area contributed by atoms with Crippen LogP contribution in [0.25, 0.3) is 0 Å². The number of hydrogen-bond donors (Lipinski definition) is 3. The van der Waals surface area contributed by atoms with Crippen LogP contribution in [-0.4, -0.2) is 57.9 Å². The Hall–Kier alpha value is -1.28. The Kier molecular flexibility index (Phi) is 8.81. The maximum absolute atomic E-state index is 8.69. The lowest BCUT2D eigenvalue weighted by atomic mass is 10.5. The molecule has 0 spiro atoms. The number of aliphatic hydroxyl groups excluding tert-OH is 1. The van der Waals surface area contributed by atoms with Gasteiger partial charge in [0.25, 0.3) is 0 Å². The van der Waals surface area contributed by atoms with Crippen LogP contribution in [-0.2, 0) is 0 Å². The lowest BCUT2D eigenvalue weighted by Gasteiger charge is -2.09. The monoisotopic (exact) mass is 301 g/mol. The molecule has 0 amide bonds. The Morgan fingerprint density at radius 1 is 1.10 bits per heavy atom. The van der Waals surface area contributed by atoms with E-state index in [1.54, 1.807) is 11.8 Å². The molecule has 7 nitrogen and oxygen atoms in total. The summed E-state index contributed by atoms with van der Waals surface area (Å²) >= 11 is 1.79. The van der Waals surface area contributed by atoms with Gasteiger partial charge in [0, 0.05) is 25.4 Å². The van der Waals surface area contributed by atoms with Crippen molar-refractivity contribution in [1.82, 2.24) is 15.0 Å². The minimum Gasteiger partial charge on any atom is -0.464 e. The molecule has 1 heterocycles. The van der Waals surface area contributed by atoms with Crippen molar-refractivity contribution < 1.29 is 9.84 Å². The Morgan fingerprint density at radius 2 is 1.85 bits per heavy atom. The van der Waals surface area contributed by atoms with Crippen LogP contribution < -0.4 is 15.4 Å². The van der Waals surface area contributed by atoms with Crippen LogP contribution in [0.1, 0.15) is 20.3 Å². The fourth-order valence-electron chi connectivity index (χ4n) is 1.37. The predicted molar refractivity (Wildman–Crippen MR) is 82.7 cm³/mol. The van der Waals surface area contributed by atoms with E-state index in [1.165, 1.54) is 0 Å². The van der Waals surface area contributed by atoms with Gasteiger partial charge in [0.05, 0.1) is 6.61 Å². The summed E-state index contributed by atoms with van der Waals surface area (Å²) in [5, 5.41) is 14.9. The third kappa shape index (κ3) is 6.76. The van der Waals surface area contributed by atoms with Crippen molar-refractivity contribution >= 4 is 23.7 Å². The van der Waals surface area contributed by atoms with Gasteiger partial charge in [-0.15, -0.1) is 0 Å². The molecular formula is C12H23N5O2S. The minimum absolute atomic E-state index is 0.248. The Morgan fingerprint density at radius 3 is 2.50 bits per heavy atom. The molecule has 1 aromatic rings. The zero-order chi connectivity index (χ0) is 14.6. The normalized spacial score (nSPS) is 10.3. The van der Waals surface area contributed by atoms with Crippen LogP contribution in [0.2, 0.25) is 0 Å². The van der Waals surface area contributed by atoms with Gasteiger partial charge in [0.2, 0.25) is 11.9 Å². The zero-order valence-electron chi connectivity index (χ0n) is 12.1. The first kappa shape index (κ1) is 16.8. The minimum atomic E-state index is 0.248. The average molecular weight is 301 g/mol. The molecule has 0 aliphatic carbocycles. The van der Waals surface area contributed by atoms with Gasteiger partial charge in [0.15, 0.2) is 0 Å². The number of aromatic nitrogens is 3. The van der Waals surface area contributed by atoms with Crippen LogP contribution in [0.15, 0.2) is 0 Å².